The molecule has 2 aromatic carbocycles. The van der Waals surface area contributed by atoms with Gasteiger partial charge in [-0.15, -0.1) is 0 Å². The van der Waals surface area contributed by atoms with Crippen LogP contribution in [0.4, 0.5) is 5.69 Å². The number of carbonyl (C=O) groups is 1. The van der Waals surface area contributed by atoms with Crippen LogP contribution >= 0.6 is 0 Å². The normalized spacial score (nSPS) is 16.9. The summed E-state index contributed by atoms with van der Waals surface area (Å²) in [6.45, 7) is 6.20. The number of rotatable bonds is 6. The van der Waals surface area contributed by atoms with Crippen molar-refractivity contribution in [3.63, 3.8) is 0 Å². The Balaban J connectivity index is 1.79. The second kappa shape index (κ2) is 7.94. The molecular formula is C23H29NO2. The summed E-state index contributed by atoms with van der Waals surface area (Å²) in [7, 11) is 0. The Morgan fingerprint density at radius 2 is 1.85 bits per heavy atom. The lowest BCUT2D eigenvalue weighted by Crippen LogP contribution is -2.37. The van der Waals surface area contributed by atoms with E-state index in [2.05, 4.69) is 31.3 Å². The zero-order chi connectivity index (χ0) is 18.6. The van der Waals surface area contributed by atoms with Crippen molar-refractivity contribution in [1.82, 2.24) is 0 Å². The smallest absolute Gasteiger partial charge is 0.235 e. The molecule has 0 heterocycles. The molecule has 3 nitrogen and oxygen atoms in total. The van der Waals surface area contributed by atoms with E-state index in [-0.39, 0.29) is 12.0 Å². The van der Waals surface area contributed by atoms with Crippen molar-refractivity contribution in [1.29, 1.82) is 0 Å². The van der Waals surface area contributed by atoms with E-state index in [1.54, 1.807) is 0 Å². The van der Waals surface area contributed by atoms with Crippen LogP contribution in [0.2, 0.25) is 0 Å². The Kier molecular flexibility index (Phi) is 5.65. The lowest BCUT2D eigenvalue weighted by molar-refractivity contribution is -0.121. The third-order valence-corrected chi connectivity index (χ3v) is 5.55. The van der Waals surface area contributed by atoms with Crippen molar-refractivity contribution in [3.05, 3.63) is 59.7 Å². The van der Waals surface area contributed by atoms with Crippen LogP contribution in [-0.2, 0) is 10.2 Å². The Bertz CT molecular complexity index is 748. The zero-order valence-corrected chi connectivity index (χ0v) is 16.0. The molecule has 1 amide bonds. The molecule has 0 aliphatic heterocycles. The van der Waals surface area contributed by atoms with E-state index in [0.717, 1.165) is 54.7 Å². The van der Waals surface area contributed by atoms with Crippen molar-refractivity contribution >= 4 is 11.6 Å². The monoisotopic (exact) mass is 351 g/mol. The second-order valence-electron chi connectivity index (χ2n) is 7.43. The van der Waals surface area contributed by atoms with Crippen LogP contribution < -0.4 is 10.1 Å². The Morgan fingerprint density at radius 1 is 1.15 bits per heavy atom. The molecule has 3 heteroatoms. The number of ether oxygens (including phenoxy) is 1. The van der Waals surface area contributed by atoms with Crippen LogP contribution in [0, 0.1) is 6.92 Å². The Labute approximate surface area is 156 Å². The maximum atomic E-state index is 13.2. The molecule has 1 atom stereocenters. The van der Waals surface area contributed by atoms with Crippen LogP contribution in [0.1, 0.15) is 57.1 Å². The van der Waals surface area contributed by atoms with Gasteiger partial charge in [-0.05, 0) is 62.4 Å². The van der Waals surface area contributed by atoms with Crippen LogP contribution in [0.5, 0.6) is 5.75 Å². The number of carbonyl (C=O) groups excluding carboxylic acids is 1. The summed E-state index contributed by atoms with van der Waals surface area (Å²) in [6, 6.07) is 16.1. The van der Waals surface area contributed by atoms with Gasteiger partial charge < -0.3 is 10.1 Å². The lowest BCUT2D eigenvalue weighted by Gasteiger charge is -2.28. The number of benzene rings is 2. The molecule has 1 aliphatic carbocycles. The molecular weight excluding hydrogens is 322 g/mol. The summed E-state index contributed by atoms with van der Waals surface area (Å²) < 4.78 is 5.93. The molecule has 3 rings (SSSR count). The highest BCUT2D eigenvalue weighted by atomic mass is 16.5. The van der Waals surface area contributed by atoms with Gasteiger partial charge in [0.2, 0.25) is 5.91 Å². The minimum absolute atomic E-state index is 0.108. The van der Waals surface area contributed by atoms with Gasteiger partial charge >= 0.3 is 0 Å². The van der Waals surface area contributed by atoms with Crippen LogP contribution in [0.15, 0.2) is 48.5 Å². The molecule has 2 aromatic rings. The number of hydrogen-bond donors (Lipinski definition) is 1. The minimum Gasteiger partial charge on any atom is -0.490 e. The summed E-state index contributed by atoms with van der Waals surface area (Å²) in [5.74, 6) is 0.993. The van der Waals surface area contributed by atoms with Crippen LogP contribution in [0.3, 0.4) is 0 Å². The van der Waals surface area contributed by atoms with Gasteiger partial charge in [0, 0.05) is 5.69 Å². The predicted molar refractivity (Wildman–Crippen MR) is 107 cm³/mol. The van der Waals surface area contributed by atoms with Gasteiger partial charge in [-0.1, -0.05) is 50.1 Å². The molecule has 0 saturated heterocycles. The average Bonchev–Trinajstić information content (AvgIpc) is 3.16. The number of amides is 1. The fraction of sp³-hybridized carbons (Fsp3) is 0.435. The first kappa shape index (κ1) is 18.5. The maximum absolute atomic E-state index is 13.2. The number of nitrogens with one attached hydrogen (secondary N) is 1. The Morgan fingerprint density at radius 3 is 2.46 bits per heavy atom. The summed E-state index contributed by atoms with van der Waals surface area (Å²) in [5.41, 5.74) is 2.61. The van der Waals surface area contributed by atoms with Crippen molar-refractivity contribution < 1.29 is 9.53 Å². The van der Waals surface area contributed by atoms with Gasteiger partial charge in [-0.25, -0.2) is 0 Å². The first-order valence-electron chi connectivity index (χ1n) is 9.69. The molecule has 1 saturated carbocycles. The van der Waals surface area contributed by atoms with Gasteiger partial charge in [0.15, 0.2) is 0 Å². The zero-order valence-electron chi connectivity index (χ0n) is 16.0. The first-order valence-corrected chi connectivity index (χ1v) is 9.69. The van der Waals surface area contributed by atoms with E-state index >= 15 is 0 Å². The maximum Gasteiger partial charge on any atom is 0.235 e. The summed E-state index contributed by atoms with van der Waals surface area (Å²) in [6.07, 6.45) is 5.19. The van der Waals surface area contributed by atoms with E-state index < -0.39 is 5.41 Å². The topological polar surface area (TPSA) is 38.3 Å². The molecule has 1 fully saturated rings. The molecule has 1 aliphatic rings. The highest BCUT2D eigenvalue weighted by molar-refractivity contribution is 5.99. The van der Waals surface area contributed by atoms with E-state index in [4.69, 9.17) is 4.74 Å². The van der Waals surface area contributed by atoms with E-state index in [1.807, 2.05) is 43.3 Å². The van der Waals surface area contributed by atoms with Crippen molar-refractivity contribution in [3.8, 4) is 5.75 Å². The minimum atomic E-state index is -0.402. The molecule has 0 radical (unpaired) electrons. The average molecular weight is 351 g/mol. The molecule has 138 valence electrons. The molecule has 26 heavy (non-hydrogen) atoms. The number of anilines is 1. The third kappa shape index (κ3) is 3.77. The molecule has 0 aromatic heterocycles. The van der Waals surface area contributed by atoms with Crippen molar-refractivity contribution in [2.75, 3.05) is 5.32 Å². The standard InChI is InChI=1S/C23H29NO2/c1-4-18(3)26-21-13-12-20(16-17(21)2)24-22(25)23(14-8-9-15-23)19-10-6-5-7-11-19/h5-7,10-13,16,18H,4,8-9,14-15H2,1-3H3,(H,24,25)/t18-/m1/s1. The molecule has 1 N–H and O–H groups in total. The van der Waals surface area contributed by atoms with E-state index in [1.165, 1.54) is 0 Å². The van der Waals surface area contributed by atoms with Gasteiger partial charge in [-0.2, -0.15) is 0 Å². The molecule has 0 spiro atoms. The van der Waals surface area contributed by atoms with Gasteiger partial charge in [0.05, 0.1) is 11.5 Å². The fourth-order valence-electron chi connectivity index (χ4n) is 3.79. The third-order valence-electron chi connectivity index (χ3n) is 5.55. The van der Waals surface area contributed by atoms with E-state index in [9.17, 15) is 4.79 Å². The molecule has 0 unspecified atom stereocenters. The lowest BCUT2D eigenvalue weighted by atomic mass is 9.78. The van der Waals surface area contributed by atoms with Gasteiger partial charge in [0.25, 0.3) is 0 Å². The highest BCUT2D eigenvalue weighted by Gasteiger charge is 2.42. The summed E-state index contributed by atoms with van der Waals surface area (Å²) in [5, 5.41) is 3.16. The quantitative estimate of drug-likeness (QED) is 0.733. The van der Waals surface area contributed by atoms with Gasteiger partial charge in [0.1, 0.15) is 5.75 Å². The number of hydrogen-bond acceptors (Lipinski definition) is 2. The number of aryl methyl sites for hydroxylation is 1. The Hall–Kier alpha value is -2.29. The van der Waals surface area contributed by atoms with Gasteiger partial charge in [-0.3, -0.25) is 4.79 Å². The predicted octanol–water partition coefficient (Wildman–Crippen LogP) is 5.62. The first-order chi connectivity index (χ1) is 12.5. The molecule has 0 bridgehead atoms. The van der Waals surface area contributed by atoms with E-state index in [0.29, 0.717) is 0 Å². The summed E-state index contributed by atoms with van der Waals surface area (Å²) >= 11 is 0. The van der Waals surface area contributed by atoms with Crippen LogP contribution in [0.25, 0.3) is 0 Å². The van der Waals surface area contributed by atoms with Crippen molar-refractivity contribution in [2.45, 2.75) is 64.4 Å². The SMILES string of the molecule is CC[C@@H](C)Oc1ccc(NC(=O)C2(c3ccccc3)CCCC2)cc1C. The van der Waals surface area contributed by atoms with Crippen molar-refractivity contribution in [2.24, 2.45) is 0 Å². The summed E-state index contributed by atoms with van der Waals surface area (Å²) in [4.78, 5) is 13.2. The largest absolute Gasteiger partial charge is 0.490 e. The second-order valence-corrected chi connectivity index (χ2v) is 7.43. The highest BCUT2D eigenvalue weighted by Crippen LogP contribution is 2.42. The fourth-order valence-corrected chi connectivity index (χ4v) is 3.79. The van der Waals surface area contributed by atoms with Crippen LogP contribution in [-0.4, -0.2) is 12.0 Å².